The number of rotatable bonds is 4. The largest absolute Gasteiger partial charge is 0.405 e. The molecule has 0 aromatic heterocycles. The Morgan fingerprint density at radius 2 is 1.61 bits per heavy atom. The lowest BCUT2D eigenvalue weighted by Crippen LogP contribution is -2.45. The summed E-state index contributed by atoms with van der Waals surface area (Å²) in [6.07, 6.45) is 2.95. The third kappa shape index (κ3) is 6.03. The molecule has 1 N–H and O–H groups in total. The maximum absolute atomic E-state index is 12.3. The Labute approximate surface area is 134 Å². The number of carbonyl (C=O) groups excluding carboxylic acids is 2. The second-order valence-electron chi connectivity index (χ2n) is 6.70. The smallest absolute Gasteiger partial charge is 0.347 e. The van der Waals surface area contributed by atoms with Crippen molar-refractivity contribution < 1.29 is 22.8 Å². The summed E-state index contributed by atoms with van der Waals surface area (Å²) >= 11 is 0. The number of carbonyl (C=O) groups is 2. The van der Waals surface area contributed by atoms with Crippen LogP contribution in [0.1, 0.15) is 51.4 Å². The number of hydrogen-bond donors (Lipinski definition) is 1. The minimum absolute atomic E-state index is 0.131. The van der Waals surface area contributed by atoms with Gasteiger partial charge in [0.2, 0.25) is 11.8 Å². The maximum atomic E-state index is 12.3. The van der Waals surface area contributed by atoms with Crippen LogP contribution in [-0.2, 0) is 9.59 Å². The van der Waals surface area contributed by atoms with Gasteiger partial charge in [-0.3, -0.25) is 9.59 Å². The molecule has 0 spiro atoms. The molecule has 0 unspecified atom stereocenters. The summed E-state index contributed by atoms with van der Waals surface area (Å²) in [5, 5.41) is 1.93. The summed E-state index contributed by atoms with van der Waals surface area (Å²) < 4.78 is 36.3. The lowest BCUT2D eigenvalue weighted by molar-refractivity contribution is -0.143. The fourth-order valence-corrected chi connectivity index (χ4v) is 3.49. The molecular weight excluding hydrogens is 309 g/mol. The Kier molecular flexibility index (Phi) is 6.30. The normalized spacial score (nSPS) is 21.3. The molecule has 2 rings (SSSR count). The van der Waals surface area contributed by atoms with E-state index >= 15 is 0 Å². The first kappa shape index (κ1) is 18.1. The molecule has 7 heteroatoms. The third-order valence-electron chi connectivity index (χ3n) is 4.87. The number of nitrogens with zero attached hydrogens (tertiary/aromatic N) is 1. The molecule has 0 aromatic carbocycles. The van der Waals surface area contributed by atoms with Gasteiger partial charge in [-0.2, -0.15) is 13.2 Å². The predicted molar refractivity (Wildman–Crippen MR) is 79.6 cm³/mol. The highest BCUT2D eigenvalue weighted by Crippen LogP contribution is 2.28. The van der Waals surface area contributed by atoms with Crippen LogP contribution in [0.4, 0.5) is 13.2 Å². The molecule has 132 valence electrons. The summed E-state index contributed by atoms with van der Waals surface area (Å²) in [5.41, 5.74) is 0. The van der Waals surface area contributed by atoms with Crippen molar-refractivity contribution in [3.8, 4) is 0 Å². The molecule has 0 bridgehead atoms. The molecule has 2 amide bonds. The Bertz CT molecular complexity index is 412. The first-order valence-electron chi connectivity index (χ1n) is 8.47. The van der Waals surface area contributed by atoms with Crippen LogP contribution in [-0.4, -0.2) is 42.5 Å². The first-order chi connectivity index (χ1) is 10.8. The van der Waals surface area contributed by atoms with Crippen molar-refractivity contribution in [1.82, 2.24) is 10.2 Å². The van der Waals surface area contributed by atoms with Gasteiger partial charge in [0.15, 0.2) is 0 Å². The van der Waals surface area contributed by atoms with Gasteiger partial charge in [0.1, 0.15) is 6.54 Å². The third-order valence-corrected chi connectivity index (χ3v) is 4.87. The number of halogens is 3. The van der Waals surface area contributed by atoms with E-state index in [-0.39, 0.29) is 5.91 Å². The van der Waals surface area contributed by atoms with E-state index in [1.165, 1.54) is 19.3 Å². The zero-order valence-corrected chi connectivity index (χ0v) is 13.3. The Balaban J connectivity index is 1.70. The number of amides is 2. The van der Waals surface area contributed by atoms with E-state index < -0.39 is 24.5 Å². The van der Waals surface area contributed by atoms with Crippen LogP contribution in [0, 0.1) is 11.8 Å². The van der Waals surface area contributed by atoms with Gasteiger partial charge in [0.25, 0.3) is 0 Å². The second kappa shape index (κ2) is 8.02. The number of piperidine rings is 1. The van der Waals surface area contributed by atoms with Crippen molar-refractivity contribution in [3.63, 3.8) is 0 Å². The van der Waals surface area contributed by atoms with Gasteiger partial charge in [-0.15, -0.1) is 0 Å². The number of nitrogens with one attached hydrogen (secondary N) is 1. The zero-order valence-electron chi connectivity index (χ0n) is 13.3. The predicted octanol–water partition coefficient (Wildman–Crippen LogP) is 2.87. The first-order valence-corrected chi connectivity index (χ1v) is 8.47. The summed E-state index contributed by atoms with van der Waals surface area (Å²) in [6.45, 7) is -0.349. The molecule has 0 atom stereocenters. The van der Waals surface area contributed by atoms with Gasteiger partial charge in [0, 0.05) is 25.4 Å². The van der Waals surface area contributed by atoms with Gasteiger partial charge in [0.05, 0.1) is 0 Å². The van der Waals surface area contributed by atoms with Crippen LogP contribution >= 0.6 is 0 Å². The van der Waals surface area contributed by atoms with E-state index in [9.17, 15) is 22.8 Å². The van der Waals surface area contributed by atoms with Gasteiger partial charge in [-0.05, 0) is 31.6 Å². The Hall–Kier alpha value is -1.27. The average molecular weight is 334 g/mol. The molecule has 2 aliphatic rings. The Morgan fingerprint density at radius 3 is 2.17 bits per heavy atom. The molecule has 0 aromatic rings. The van der Waals surface area contributed by atoms with Crippen LogP contribution in [0.15, 0.2) is 0 Å². The Morgan fingerprint density at radius 1 is 1.00 bits per heavy atom. The molecule has 2 fully saturated rings. The number of hydrogen-bond acceptors (Lipinski definition) is 2. The van der Waals surface area contributed by atoms with Crippen LogP contribution in [0.25, 0.3) is 0 Å². The van der Waals surface area contributed by atoms with Crippen molar-refractivity contribution in [2.24, 2.45) is 11.8 Å². The standard InChI is InChI=1S/C16H25F3N2O2/c17-16(18,19)11-20-15(23)13-6-8-21(9-7-13)14(22)10-12-4-2-1-3-5-12/h12-13H,1-11H2,(H,20,23). The second-order valence-corrected chi connectivity index (χ2v) is 6.70. The van der Waals surface area contributed by atoms with Gasteiger partial charge in [-0.1, -0.05) is 19.3 Å². The molecule has 23 heavy (non-hydrogen) atoms. The SMILES string of the molecule is O=C(NCC(F)(F)F)C1CCN(C(=O)CC2CCCCC2)CC1. The highest BCUT2D eigenvalue weighted by molar-refractivity contribution is 5.80. The number of likely N-dealkylation sites (tertiary alicyclic amines) is 1. The average Bonchev–Trinajstić information content (AvgIpc) is 2.53. The van der Waals surface area contributed by atoms with Gasteiger partial charge < -0.3 is 10.2 Å². The molecule has 0 radical (unpaired) electrons. The summed E-state index contributed by atoms with van der Waals surface area (Å²) in [5.74, 6) is -0.368. The van der Waals surface area contributed by atoms with Gasteiger partial charge >= 0.3 is 6.18 Å². The van der Waals surface area contributed by atoms with E-state index in [4.69, 9.17) is 0 Å². The van der Waals surface area contributed by atoms with Crippen molar-refractivity contribution in [2.75, 3.05) is 19.6 Å². The number of alkyl halides is 3. The van der Waals surface area contributed by atoms with E-state index in [1.54, 1.807) is 4.90 Å². The molecule has 1 saturated carbocycles. The minimum Gasteiger partial charge on any atom is -0.347 e. The van der Waals surface area contributed by atoms with Crippen LogP contribution < -0.4 is 5.32 Å². The minimum atomic E-state index is -4.38. The molecular formula is C16H25F3N2O2. The summed E-state index contributed by atoms with van der Waals surface area (Å²) in [6, 6.07) is 0. The van der Waals surface area contributed by atoms with E-state index in [2.05, 4.69) is 0 Å². The monoisotopic (exact) mass is 334 g/mol. The van der Waals surface area contributed by atoms with Gasteiger partial charge in [-0.25, -0.2) is 0 Å². The molecule has 4 nitrogen and oxygen atoms in total. The lowest BCUT2D eigenvalue weighted by Gasteiger charge is -2.33. The van der Waals surface area contributed by atoms with Crippen LogP contribution in [0.2, 0.25) is 0 Å². The zero-order chi connectivity index (χ0) is 16.9. The van der Waals surface area contributed by atoms with E-state index in [0.717, 1.165) is 12.8 Å². The van der Waals surface area contributed by atoms with Crippen molar-refractivity contribution >= 4 is 11.8 Å². The lowest BCUT2D eigenvalue weighted by atomic mass is 9.86. The molecule has 1 aliphatic heterocycles. The van der Waals surface area contributed by atoms with E-state index in [1.807, 2.05) is 5.32 Å². The van der Waals surface area contributed by atoms with Crippen LogP contribution in [0.3, 0.4) is 0 Å². The van der Waals surface area contributed by atoms with Crippen molar-refractivity contribution in [2.45, 2.75) is 57.5 Å². The highest BCUT2D eigenvalue weighted by atomic mass is 19.4. The molecule has 1 saturated heterocycles. The topological polar surface area (TPSA) is 49.4 Å². The van der Waals surface area contributed by atoms with Crippen molar-refractivity contribution in [1.29, 1.82) is 0 Å². The molecule has 1 aliphatic carbocycles. The summed E-state index contributed by atoms with van der Waals surface area (Å²) in [4.78, 5) is 25.8. The fourth-order valence-electron chi connectivity index (χ4n) is 3.49. The molecule has 1 heterocycles. The quantitative estimate of drug-likeness (QED) is 0.859. The highest BCUT2D eigenvalue weighted by Gasteiger charge is 2.32. The fraction of sp³-hybridized carbons (Fsp3) is 0.875. The van der Waals surface area contributed by atoms with E-state index in [0.29, 0.717) is 38.3 Å². The summed E-state index contributed by atoms with van der Waals surface area (Å²) in [7, 11) is 0. The maximum Gasteiger partial charge on any atom is 0.405 e. The van der Waals surface area contributed by atoms with Crippen LogP contribution in [0.5, 0.6) is 0 Å². The van der Waals surface area contributed by atoms with Crippen molar-refractivity contribution in [3.05, 3.63) is 0 Å².